The molecule has 0 saturated carbocycles. The largest absolute Gasteiger partial charge is 0.507 e. The topological polar surface area (TPSA) is 54.4 Å². The minimum atomic E-state index is -0.0458. The molecule has 0 atom stereocenters. The molecule has 0 aromatic heterocycles. The fraction of sp³-hybridized carbons (Fsp3) is 0.111. The second-order valence-electron chi connectivity index (χ2n) is 7.45. The zero-order valence-electron chi connectivity index (χ0n) is 17.1. The van der Waals surface area contributed by atoms with E-state index in [4.69, 9.17) is 11.6 Å². The Bertz CT molecular complexity index is 1280. The van der Waals surface area contributed by atoms with Crippen LogP contribution in [0.15, 0.2) is 72.8 Å². The Kier molecular flexibility index (Phi) is 5.88. The average Bonchev–Trinajstić information content (AvgIpc) is 2.81. The number of Topliss-reactive ketones (excluding diaryl/α,β-unsaturated/α-hetero) is 1. The standard InChI is InChI=1S/C27H21ClO3/c1-2-24(30)26-23(14-17-8-10-18(16-29)11-9-17)27(31)21-13-12-20(28)15-22(21)25(26)19-6-4-3-5-7-19/h3-13,15-16,31H,2,14H2,1H3. The van der Waals surface area contributed by atoms with Crippen LogP contribution in [0.2, 0.25) is 5.02 Å². The normalized spacial score (nSPS) is 10.9. The maximum Gasteiger partial charge on any atom is 0.163 e. The maximum atomic E-state index is 13.2. The maximum absolute atomic E-state index is 13.2. The van der Waals surface area contributed by atoms with E-state index in [0.717, 1.165) is 28.4 Å². The van der Waals surface area contributed by atoms with Crippen molar-refractivity contribution in [2.75, 3.05) is 0 Å². The molecule has 4 heteroatoms. The van der Waals surface area contributed by atoms with Gasteiger partial charge in [0.1, 0.15) is 12.0 Å². The van der Waals surface area contributed by atoms with Crippen molar-refractivity contribution in [1.82, 2.24) is 0 Å². The van der Waals surface area contributed by atoms with Gasteiger partial charge in [0.15, 0.2) is 5.78 Å². The number of rotatable bonds is 6. The number of hydrogen-bond donors (Lipinski definition) is 1. The molecule has 0 radical (unpaired) electrons. The highest BCUT2D eigenvalue weighted by molar-refractivity contribution is 6.32. The second kappa shape index (κ2) is 8.75. The minimum Gasteiger partial charge on any atom is -0.507 e. The zero-order valence-corrected chi connectivity index (χ0v) is 17.8. The number of aldehydes is 1. The molecular weight excluding hydrogens is 408 g/mol. The Morgan fingerprint density at radius 2 is 1.68 bits per heavy atom. The quantitative estimate of drug-likeness (QED) is 0.269. The summed E-state index contributed by atoms with van der Waals surface area (Å²) in [5.41, 5.74) is 4.25. The van der Waals surface area contributed by atoms with Crippen LogP contribution in [-0.4, -0.2) is 17.2 Å². The third-order valence-electron chi connectivity index (χ3n) is 5.50. The van der Waals surface area contributed by atoms with Crippen LogP contribution in [0.25, 0.3) is 21.9 Å². The number of carbonyl (C=O) groups is 2. The fourth-order valence-electron chi connectivity index (χ4n) is 3.98. The highest BCUT2D eigenvalue weighted by Gasteiger charge is 2.24. The van der Waals surface area contributed by atoms with Crippen LogP contribution in [0.1, 0.15) is 45.2 Å². The third-order valence-corrected chi connectivity index (χ3v) is 5.74. The monoisotopic (exact) mass is 428 g/mol. The van der Waals surface area contributed by atoms with Crippen LogP contribution in [0.3, 0.4) is 0 Å². The van der Waals surface area contributed by atoms with Crippen LogP contribution in [0.5, 0.6) is 5.75 Å². The molecule has 0 spiro atoms. The Labute approximate surface area is 185 Å². The Balaban J connectivity index is 2.06. The SMILES string of the molecule is CCC(=O)c1c(Cc2ccc(C=O)cc2)c(O)c2ccc(Cl)cc2c1-c1ccccc1. The van der Waals surface area contributed by atoms with Gasteiger partial charge < -0.3 is 5.11 Å². The van der Waals surface area contributed by atoms with Crippen molar-refractivity contribution in [3.8, 4) is 16.9 Å². The van der Waals surface area contributed by atoms with Gasteiger partial charge in [0, 0.05) is 45.5 Å². The molecule has 3 nitrogen and oxygen atoms in total. The van der Waals surface area contributed by atoms with E-state index in [9.17, 15) is 14.7 Å². The zero-order chi connectivity index (χ0) is 22.0. The van der Waals surface area contributed by atoms with Crippen molar-refractivity contribution in [3.05, 3.63) is 100 Å². The summed E-state index contributed by atoms with van der Waals surface area (Å²) in [6.07, 6.45) is 1.47. The summed E-state index contributed by atoms with van der Waals surface area (Å²) < 4.78 is 0. The van der Waals surface area contributed by atoms with Crippen molar-refractivity contribution in [2.24, 2.45) is 0 Å². The van der Waals surface area contributed by atoms with E-state index in [2.05, 4.69) is 0 Å². The number of phenolic OH excluding ortho intramolecular Hbond substituents is 1. The van der Waals surface area contributed by atoms with Crippen molar-refractivity contribution in [3.63, 3.8) is 0 Å². The van der Waals surface area contributed by atoms with Crippen molar-refractivity contribution in [2.45, 2.75) is 19.8 Å². The fourth-order valence-corrected chi connectivity index (χ4v) is 4.15. The summed E-state index contributed by atoms with van der Waals surface area (Å²) in [6.45, 7) is 1.82. The molecule has 4 aromatic rings. The highest BCUT2D eigenvalue weighted by atomic mass is 35.5. The van der Waals surface area contributed by atoms with E-state index in [-0.39, 0.29) is 11.5 Å². The molecule has 0 saturated heterocycles. The molecule has 4 rings (SSSR count). The van der Waals surface area contributed by atoms with Crippen LogP contribution < -0.4 is 0 Å². The number of fused-ring (bicyclic) bond motifs is 1. The summed E-state index contributed by atoms with van der Waals surface area (Å²) in [5, 5.41) is 13.2. The number of aromatic hydroxyl groups is 1. The molecule has 0 amide bonds. The summed E-state index contributed by atoms with van der Waals surface area (Å²) in [5.74, 6) is 0.0400. The number of hydrogen-bond acceptors (Lipinski definition) is 3. The molecule has 0 aliphatic rings. The van der Waals surface area contributed by atoms with Crippen LogP contribution in [0, 0.1) is 0 Å². The predicted molar refractivity (Wildman–Crippen MR) is 125 cm³/mol. The molecular formula is C27H21ClO3. The lowest BCUT2D eigenvalue weighted by atomic mass is 9.84. The number of ketones is 1. The van der Waals surface area contributed by atoms with E-state index < -0.39 is 0 Å². The predicted octanol–water partition coefficient (Wildman–Crippen LogP) is 6.86. The minimum absolute atomic E-state index is 0.0458. The Morgan fingerprint density at radius 1 is 0.968 bits per heavy atom. The van der Waals surface area contributed by atoms with E-state index in [1.807, 2.05) is 49.4 Å². The summed E-state index contributed by atoms with van der Waals surface area (Å²) >= 11 is 6.30. The van der Waals surface area contributed by atoms with Gasteiger partial charge in [-0.2, -0.15) is 0 Å². The summed E-state index contributed by atoms with van der Waals surface area (Å²) in [4.78, 5) is 24.2. The Hall–Kier alpha value is -3.43. The van der Waals surface area contributed by atoms with Gasteiger partial charge in [0.25, 0.3) is 0 Å². The number of phenols is 1. The summed E-state index contributed by atoms with van der Waals surface area (Å²) in [7, 11) is 0. The number of halogens is 1. The molecule has 0 heterocycles. The van der Waals surface area contributed by atoms with Crippen LogP contribution >= 0.6 is 11.6 Å². The lowest BCUT2D eigenvalue weighted by Crippen LogP contribution is -2.08. The number of benzene rings is 4. The van der Waals surface area contributed by atoms with Crippen LogP contribution in [0.4, 0.5) is 0 Å². The van der Waals surface area contributed by atoms with E-state index in [1.54, 1.807) is 30.3 Å². The molecule has 31 heavy (non-hydrogen) atoms. The lowest BCUT2D eigenvalue weighted by molar-refractivity contribution is 0.0987. The average molecular weight is 429 g/mol. The van der Waals surface area contributed by atoms with Crippen LogP contribution in [-0.2, 0) is 6.42 Å². The van der Waals surface area contributed by atoms with Gasteiger partial charge in [-0.1, -0.05) is 73.1 Å². The van der Waals surface area contributed by atoms with E-state index in [1.165, 1.54) is 0 Å². The Morgan fingerprint density at radius 3 is 2.32 bits per heavy atom. The highest BCUT2D eigenvalue weighted by Crippen LogP contribution is 2.43. The van der Waals surface area contributed by atoms with Crippen molar-refractivity contribution >= 4 is 34.4 Å². The lowest BCUT2D eigenvalue weighted by Gasteiger charge is -2.20. The summed E-state index contributed by atoms with van der Waals surface area (Å²) in [6, 6.07) is 22.2. The van der Waals surface area contributed by atoms with Gasteiger partial charge in [0.05, 0.1) is 0 Å². The van der Waals surface area contributed by atoms with Gasteiger partial charge in [-0.05, 0) is 34.7 Å². The molecule has 0 unspecified atom stereocenters. The molecule has 0 bridgehead atoms. The van der Waals surface area contributed by atoms with Gasteiger partial charge in [-0.25, -0.2) is 0 Å². The van der Waals surface area contributed by atoms with Gasteiger partial charge in [0.2, 0.25) is 0 Å². The van der Waals surface area contributed by atoms with Gasteiger partial charge >= 0.3 is 0 Å². The molecule has 0 fully saturated rings. The van der Waals surface area contributed by atoms with Gasteiger partial charge in [-0.15, -0.1) is 0 Å². The first-order valence-corrected chi connectivity index (χ1v) is 10.5. The molecule has 4 aromatic carbocycles. The first kappa shape index (κ1) is 20.8. The molecule has 154 valence electrons. The smallest absolute Gasteiger partial charge is 0.163 e. The second-order valence-corrected chi connectivity index (χ2v) is 7.88. The molecule has 1 N–H and O–H groups in total. The number of carbonyl (C=O) groups excluding carboxylic acids is 2. The van der Waals surface area contributed by atoms with Crippen molar-refractivity contribution < 1.29 is 14.7 Å². The first-order chi connectivity index (χ1) is 15.0. The first-order valence-electron chi connectivity index (χ1n) is 10.1. The van der Waals surface area contributed by atoms with E-state index in [0.29, 0.717) is 39.9 Å². The molecule has 0 aliphatic heterocycles. The third kappa shape index (κ3) is 3.97. The van der Waals surface area contributed by atoms with Gasteiger partial charge in [-0.3, -0.25) is 9.59 Å². The van der Waals surface area contributed by atoms with Crippen molar-refractivity contribution in [1.29, 1.82) is 0 Å². The molecule has 0 aliphatic carbocycles. The van der Waals surface area contributed by atoms with E-state index >= 15 is 0 Å².